The summed E-state index contributed by atoms with van der Waals surface area (Å²) in [6, 6.07) is 1.47. The van der Waals surface area contributed by atoms with Crippen molar-refractivity contribution in [2.45, 2.75) is 44.9 Å². The summed E-state index contributed by atoms with van der Waals surface area (Å²) < 4.78 is 5.74. The molecule has 0 fully saturated rings. The zero-order chi connectivity index (χ0) is 10.7. The lowest BCUT2D eigenvalue weighted by Gasteiger charge is -2.36. The van der Waals surface area contributed by atoms with Gasteiger partial charge in [0.2, 0.25) is 0 Å². The number of rotatable bonds is 3. The Kier molecular flexibility index (Phi) is 4.10. The third-order valence-corrected chi connectivity index (χ3v) is 7.10. The van der Waals surface area contributed by atoms with Gasteiger partial charge in [0.15, 0.2) is 8.32 Å². The van der Waals surface area contributed by atoms with Gasteiger partial charge in [-0.1, -0.05) is 20.8 Å². The fraction of sp³-hybridized carbons (Fsp3) is 0.889. The van der Waals surface area contributed by atoms with E-state index in [9.17, 15) is 0 Å². The average molecular weight is 200 g/mol. The largest absolute Gasteiger partial charge is 0.414 e. The predicted octanol–water partition coefficient (Wildman–Crippen LogP) is 1.86. The van der Waals surface area contributed by atoms with E-state index in [1.54, 1.807) is 0 Å². The number of nitrogens with zero attached hydrogens (tertiary/aromatic N) is 1. The second-order valence-electron chi connectivity index (χ2n) is 4.81. The number of nitriles is 1. The maximum Gasteiger partial charge on any atom is 0.192 e. The normalized spacial score (nSPS) is 15.2. The van der Waals surface area contributed by atoms with E-state index < -0.39 is 14.4 Å². The summed E-state index contributed by atoms with van der Waals surface area (Å²) in [7, 11) is -1.72. The highest BCUT2D eigenvalue weighted by atomic mass is 28.4. The third-order valence-electron chi connectivity index (χ3n) is 2.60. The topological polar surface area (TPSA) is 59.0 Å². The van der Waals surface area contributed by atoms with Crippen LogP contribution in [0.25, 0.3) is 0 Å². The first-order chi connectivity index (χ1) is 5.70. The molecule has 0 saturated heterocycles. The maximum atomic E-state index is 8.49. The third kappa shape index (κ3) is 3.90. The maximum absolute atomic E-state index is 8.49. The van der Waals surface area contributed by atoms with Crippen molar-refractivity contribution in [2.24, 2.45) is 5.73 Å². The lowest BCUT2D eigenvalue weighted by Crippen LogP contribution is -2.43. The Morgan fingerprint density at radius 1 is 1.46 bits per heavy atom. The molecule has 13 heavy (non-hydrogen) atoms. The molecule has 0 aliphatic rings. The van der Waals surface area contributed by atoms with Gasteiger partial charge in [0.05, 0.1) is 12.7 Å². The molecule has 0 aromatic carbocycles. The van der Waals surface area contributed by atoms with Gasteiger partial charge in [-0.05, 0) is 18.1 Å². The van der Waals surface area contributed by atoms with Crippen LogP contribution < -0.4 is 5.73 Å². The van der Waals surface area contributed by atoms with Gasteiger partial charge in [-0.2, -0.15) is 5.26 Å². The molecule has 76 valence electrons. The summed E-state index contributed by atoms with van der Waals surface area (Å²) in [5, 5.41) is 8.68. The van der Waals surface area contributed by atoms with Crippen molar-refractivity contribution < 1.29 is 4.43 Å². The van der Waals surface area contributed by atoms with Crippen LogP contribution in [0.5, 0.6) is 0 Å². The molecule has 0 aliphatic heterocycles. The first kappa shape index (κ1) is 12.6. The molecule has 3 nitrogen and oxygen atoms in total. The van der Waals surface area contributed by atoms with E-state index in [0.717, 1.165) is 0 Å². The van der Waals surface area contributed by atoms with Crippen LogP contribution in [0.1, 0.15) is 20.8 Å². The summed E-state index contributed by atoms with van der Waals surface area (Å²) in [6.07, 6.45) is 0. The quantitative estimate of drug-likeness (QED) is 0.707. The lowest BCUT2D eigenvalue weighted by atomic mass is 10.2. The molecule has 0 aromatic heterocycles. The molecule has 0 aliphatic carbocycles. The Hall–Kier alpha value is -0.373. The number of hydrogen-bond acceptors (Lipinski definition) is 3. The SMILES string of the molecule is CC(C)(C)[Si](C)(C)OC[C@H](N)C#N. The fourth-order valence-corrected chi connectivity index (χ4v) is 1.58. The molecule has 0 heterocycles. The Morgan fingerprint density at radius 2 is 1.92 bits per heavy atom. The first-order valence-corrected chi connectivity index (χ1v) is 7.40. The lowest BCUT2D eigenvalue weighted by molar-refractivity contribution is 0.280. The van der Waals surface area contributed by atoms with E-state index in [0.29, 0.717) is 6.61 Å². The monoisotopic (exact) mass is 200 g/mol. The standard InChI is InChI=1S/C9H20N2OSi/c1-9(2,3)13(4,5)12-7-8(11)6-10/h8H,7,11H2,1-5H3/t8-/m1/s1. The highest BCUT2D eigenvalue weighted by Gasteiger charge is 2.37. The van der Waals surface area contributed by atoms with Crippen LogP contribution in [-0.4, -0.2) is 21.0 Å². The van der Waals surface area contributed by atoms with Crippen LogP contribution in [0.3, 0.4) is 0 Å². The second-order valence-corrected chi connectivity index (χ2v) is 9.62. The van der Waals surface area contributed by atoms with Gasteiger partial charge in [-0.25, -0.2) is 0 Å². The molecule has 0 unspecified atom stereocenters. The van der Waals surface area contributed by atoms with Crippen molar-refractivity contribution in [3.8, 4) is 6.07 Å². The van der Waals surface area contributed by atoms with Crippen LogP contribution in [0, 0.1) is 11.3 Å². The minimum Gasteiger partial charge on any atom is -0.414 e. The average Bonchev–Trinajstić information content (AvgIpc) is 1.98. The van der Waals surface area contributed by atoms with Gasteiger partial charge in [0, 0.05) is 0 Å². The smallest absolute Gasteiger partial charge is 0.192 e. The molecule has 0 spiro atoms. The van der Waals surface area contributed by atoms with Gasteiger partial charge in [0.25, 0.3) is 0 Å². The van der Waals surface area contributed by atoms with Crippen LogP contribution >= 0.6 is 0 Å². The van der Waals surface area contributed by atoms with Crippen LogP contribution in [0.4, 0.5) is 0 Å². The highest BCUT2D eigenvalue weighted by molar-refractivity contribution is 6.74. The minimum atomic E-state index is -1.72. The Bertz CT molecular complexity index is 203. The Labute approximate surface area is 82.0 Å². The molecule has 0 amide bonds. The first-order valence-electron chi connectivity index (χ1n) is 4.50. The zero-order valence-corrected chi connectivity index (χ0v) is 10.2. The van der Waals surface area contributed by atoms with E-state index in [4.69, 9.17) is 15.4 Å². The molecule has 0 rings (SSSR count). The van der Waals surface area contributed by atoms with Crippen molar-refractivity contribution in [1.82, 2.24) is 0 Å². The molecule has 0 aromatic rings. The molecule has 4 heteroatoms. The van der Waals surface area contributed by atoms with E-state index in [1.165, 1.54) is 0 Å². The van der Waals surface area contributed by atoms with E-state index in [1.807, 2.05) is 6.07 Å². The fourth-order valence-electron chi connectivity index (χ4n) is 0.552. The molecule has 0 saturated carbocycles. The molecule has 2 N–H and O–H groups in total. The van der Waals surface area contributed by atoms with Crippen LogP contribution in [0.15, 0.2) is 0 Å². The van der Waals surface area contributed by atoms with E-state index in [2.05, 4.69) is 33.9 Å². The van der Waals surface area contributed by atoms with Crippen molar-refractivity contribution in [1.29, 1.82) is 5.26 Å². The van der Waals surface area contributed by atoms with Gasteiger partial charge in [-0.3, -0.25) is 0 Å². The summed E-state index contributed by atoms with van der Waals surface area (Å²) in [5.41, 5.74) is 5.46. The summed E-state index contributed by atoms with van der Waals surface area (Å²) >= 11 is 0. The number of nitrogens with two attached hydrogens (primary N) is 1. The second kappa shape index (κ2) is 4.23. The molecular formula is C9H20N2OSi. The molecule has 0 bridgehead atoms. The molecular weight excluding hydrogens is 180 g/mol. The Morgan fingerprint density at radius 3 is 2.23 bits per heavy atom. The Balaban J connectivity index is 4.14. The minimum absolute atomic E-state index is 0.183. The van der Waals surface area contributed by atoms with Crippen molar-refractivity contribution in [2.75, 3.05) is 6.61 Å². The van der Waals surface area contributed by atoms with Gasteiger partial charge < -0.3 is 10.2 Å². The molecule has 0 radical (unpaired) electrons. The van der Waals surface area contributed by atoms with E-state index in [-0.39, 0.29) is 5.04 Å². The van der Waals surface area contributed by atoms with Crippen molar-refractivity contribution in [3.63, 3.8) is 0 Å². The van der Waals surface area contributed by atoms with Crippen LogP contribution in [-0.2, 0) is 4.43 Å². The van der Waals surface area contributed by atoms with Gasteiger partial charge in [-0.15, -0.1) is 0 Å². The summed E-state index contributed by atoms with van der Waals surface area (Å²) in [5.74, 6) is 0. The van der Waals surface area contributed by atoms with Gasteiger partial charge in [0.1, 0.15) is 6.04 Å². The highest BCUT2D eigenvalue weighted by Crippen LogP contribution is 2.36. The summed E-state index contributed by atoms with van der Waals surface area (Å²) in [6.45, 7) is 11.1. The van der Waals surface area contributed by atoms with Crippen molar-refractivity contribution in [3.05, 3.63) is 0 Å². The summed E-state index contributed by atoms with van der Waals surface area (Å²) in [4.78, 5) is 0. The molecule has 1 atom stereocenters. The number of hydrogen-bond donors (Lipinski definition) is 1. The zero-order valence-electron chi connectivity index (χ0n) is 9.22. The van der Waals surface area contributed by atoms with Crippen LogP contribution in [0.2, 0.25) is 18.1 Å². The van der Waals surface area contributed by atoms with E-state index >= 15 is 0 Å². The predicted molar refractivity (Wildman–Crippen MR) is 56.7 cm³/mol. The van der Waals surface area contributed by atoms with Crippen molar-refractivity contribution >= 4 is 8.32 Å². The van der Waals surface area contributed by atoms with Gasteiger partial charge >= 0.3 is 0 Å².